The van der Waals surface area contributed by atoms with Gasteiger partial charge in [-0.1, -0.05) is 12.6 Å². The number of ether oxygens (including phenoxy) is 2. The fourth-order valence-corrected chi connectivity index (χ4v) is 2.56. The number of aliphatic hydroxyl groups excluding tert-OH is 1. The second-order valence-corrected chi connectivity index (χ2v) is 6.10. The number of halogens is 3. The van der Waals surface area contributed by atoms with E-state index in [4.69, 9.17) is 9.84 Å². The molecule has 0 aliphatic heterocycles. The van der Waals surface area contributed by atoms with Gasteiger partial charge < -0.3 is 14.6 Å². The van der Waals surface area contributed by atoms with Crippen LogP contribution in [0.5, 0.6) is 11.5 Å². The third kappa shape index (κ3) is 5.60. The van der Waals surface area contributed by atoms with E-state index in [1.165, 1.54) is 32.2 Å². The average Bonchev–Trinajstić information content (AvgIpc) is 2.68. The highest BCUT2D eigenvalue weighted by atomic mass is 19.4. The molecule has 0 atom stereocenters. The third-order valence-corrected chi connectivity index (χ3v) is 3.93. The van der Waals surface area contributed by atoms with Gasteiger partial charge >= 0.3 is 12.1 Å². The van der Waals surface area contributed by atoms with E-state index in [2.05, 4.69) is 16.3 Å². The summed E-state index contributed by atoms with van der Waals surface area (Å²) in [4.78, 5) is 29.1. The molecule has 0 unspecified atom stereocenters. The molecule has 8 nitrogen and oxygen atoms in total. The molecular weight excluding hydrogens is 407 g/mol. The van der Waals surface area contributed by atoms with Gasteiger partial charge in [-0.15, -0.1) is 13.2 Å². The maximum absolute atomic E-state index is 12.5. The number of alkyl halides is 3. The lowest BCUT2D eigenvalue weighted by molar-refractivity contribution is -0.274. The lowest BCUT2D eigenvalue weighted by atomic mass is 10.3. The van der Waals surface area contributed by atoms with Crippen LogP contribution in [-0.2, 0) is 13.6 Å². The van der Waals surface area contributed by atoms with Crippen LogP contribution in [-0.4, -0.2) is 33.1 Å². The van der Waals surface area contributed by atoms with Crippen molar-refractivity contribution in [2.45, 2.75) is 26.3 Å². The fourth-order valence-electron chi connectivity index (χ4n) is 2.56. The van der Waals surface area contributed by atoms with E-state index in [9.17, 15) is 22.8 Å². The van der Waals surface area contributed by atoms with Gasteiger partial charge in [-0.25, -0.2) is 4.79 Å². The lowest BCUT2D eigenvalue weighted by Crippen LogP contribution is -2.40. The van der Waals surface area contributed by atoms with Crippen molar-refractivity contribution in [3.63, 3.8) is 0 Å². The monoisotopic (exact) mass is 427 g/mol. The van der Waals surface area contributed by atoms with Crippen LogP contribution in [0.4, 0.5) is 19.0 Å². The summed E-state index contributed by atoms with van der Waals surface area (Å²) in [6, 6.07) is 4.78. The van der Waals surface area contributed by atoms with Gasteiger partial charge in [-0.05, 0) is 31.6 Å². The van der Waals surface area contributed by atoms with E-state index in [1.54, 1.807) is 0 Å². The van der Waals surface area contributed by atoms with E-state index in [1.807, 2.05) is 0 Å². The van der Waals surface area contributed by atoms with Gasteiger partial charge in [-0.3, -0.25) is 13.9 Å². The topological polar surface area (TPSA) is 95.1 Å². The van der Waals surface area contributed by atoms with Crippen molar-refractivity contribution < 1.29 is 27.8 Å². The molecule has 0 fully saturated rings. The summed E-state index contributed by atoms with van der Waals surface area (Å²) in [7, 11) is 1.40. The van der Waals surface area contributed by atoms with Gasteiger partial charge in [0.25, 0.3) is 5.56 Å². The minimum absolute atomic E-state index is 0.00263. The number of aliphatic imine (C=N–C) groups is 1. The Morgan fingerprint density at radius 3 is 2.57 bits per heavy atom. The minimum atomic E-state index is -4.86. The van der Waals surface area contributed by atoms with Crippen LogP contribution >= 0.6 is 0 Å². The molecule has 0 saturated heterocycles. The SMILES string of the molecule is C=C/C(=N\c1c(C)c(=O)n(CCCO)c(=O)n1C)Oc1cccc(OC(F)(F)F)c1. The van der Waals surface area contributed by atoms with E-state index in [0.29, 0.717) is 0 Å². The molecule has 1 heterocycles. The normalized spacial score (nSPS) is 12.0. The molecule has 0 aliphatic rings. The summed E-state index contributed by atoms with van der Waals surface area (Å²) < 4.78 is 48.5. The maximum Gasteiger partial charge on any atom is 0.573 e. The number of aliphatic hydroxyl groups is 1. The van der Waals surface area contributed by atoms with Crippen molar-refractivity contribution in [1.82, 2.24) is 9.13 Å². The third-order valence-electron chi connectivity index (χ3n) is 3.93. The van der Waals surface area contributed by atoms with Crippen molar-refractivity contribution in [3.05, 3.63) is 63.3 Å². The van der Waals surface area contributed by atoms with Gasteiger partial charge in [0.2, 0.25) is 5.90 Å². The molecular formula is C19H20F3N3O5. The highest BCUT2D eigenvalue weighted by Gasteiger charge is 2.31. The predicted molar refractivity (Wildman–Crippen MR) is 103 cm³/mol. The Hall–Kier alpha value is -3.34. The van der Waals surface area contributed by atoms with E-state index in [0.717, 1.165) is 21.3 Å². The summed E-state index contributed by atoms with van der Waals surface area (Å²) in [5.41, 5.74) is -1.07. The number of hydrogen-bond donors (Lipinski definition) is 1. The first-order valence-corrected chi connectivity index (χ1v) is 8.73. The first kappa shape index (κ1) is 22.9. The molecule has 162 valence electrons. The molecule has 0 bridgehead atoms. The van der Waals surface area contributed by atoms with Crippen molar-refractivity contribution in [2.75, 3.05) is 6.61 Å². The van der Waals surface area contributed by atoms with Gasteiger partial charge in [0.1, 0.15) is 17.3 Å². The summed E-state index contributed by atoms with van der Waals surface area (Å²) in [6.07, 6.45) is -3.45. The Morgan fingerprint density at radius 2 is 1.97 bits per heavy atom. The second kappa shape index (κ2) is 9.44. The molecule has 2 aromatic rings. The molecule has 30 heavy (non-hydrogen) atoms. The molecule has 2 rings (SSSR count). The van der Waals surface area contributed by atoms with E-state index in [-0.39, 0.29) is 42.6 Å². The van der Waals surface area contributed by atoms with Crippen LogP contribution in [0.15, 0.2) is 51.5 Å². The van der Waals surface area contributed by atoms with Crippen molar-refractivity contribution >= 4 is 11.7 Å². The average molecular weight is 427 g/mol. The summed E-state index contributed by atoms with van der Waals surface area (Å²) in [5, 5.41) is 8.93. The number of hydrogen-bond acceptors (Lipinski definition) is 6. The van der Waals surface area contributed by atoms with Crippen LogP contribution in [0.3, 0.4) is 0 Å². The highest BCUT2D eigenvalue weighted by Crippen LogP contribution is 2.26. The number of benzene rings is 1. The molecule has 11 heteroatoms. The number of aromatic nitrogens is 2. The largest absolute Gasteiger partial charge is 0.573 e. The molecule has 1 aromatic heterocycles. The highest BCUT2D eigenvalue weighted by molar-refractivity contribution is 5.91. The Labute approximate surface area is 169 Å². The van der Waals surface area contributed by atoms with Gasteiger partial charge in [0, 0.05) is 26.3 Å². The molecule has 1 N–H and O–H groups in total. The van der Waals surface area contributed by atoms with Crippen LogP contribution in [0.2, 0.25) is 0 Å². The predicted octanol–water partition coefficient (Wildman–Crippen LogP) is 2.43. The van der Waals surface area contributed by atoms with Crippen molar-refractivity contribution in [2.24, 2.45) is 12.0 Å². The zero-order valence-electron chi connectivity index (χ0n) is 16.3. The lowest BCUT2D eigenvalue weighted by Gasteiger charge is -2.13. The maximum atomic E-state index is 12.5. The van der Waals surface area contributed by atoms with Crippen LogP contribution < -0.4 is 20.7 Å². The number of rotatable bonds is 7. The van der Waals surface area contributed by atoms with Crippen molar-refractivity contribution in [1.29, 1.82) is 0 Å². The smallest absolute Gasteiger partial charge is 0.439 e. The standard InChI is InChI=1S/C19H20F3N3O5/c1-4-15(29-13-7-5-8-14(11-13)30-19(20,21)22)23-16-12(2)17(27)25(9-6-10-26)18(28)24(16)3/h4-5,7-8,11,26H,1,6,9-10H2,2-3H3/b23-15+. The molecule has 0 aliphatic carbocycles. The summed E-state index contributed by atoms with van der Waals surface area (Å²) >= 11 is 0. The zero-order valence-corrected chi connectivity index (χ0v) is 16.3. The Balaban J connectivity index is 2.42. The first-order chi connectivity index (χ1) is 14.1. The second-order valence-electron chi connectivity index (χ2n) is 6.10. The molecule has 0 saturated carbocycles. The molecule has 0 amide bonds. The summed E-state index contributed by atoms with van der Waals surface area (Å²) in [5.74, 6) is -0.652. The van der Waals surface area contributed by atoms with Gasteiger partial charge in [0.15, 0.2) is 0 Å². The minimum Gasteiger partial charge on any atom is -0.439 e. The Kier molecular flexibility index (Phi) is 7.22. The van der Waals surface area contributed by atoms with Gasteiger partial charge in [0.05, 0.1) is 5.56 Å². The van der Waals surface area contributed by atoms with Crippen LogP contribution in [0.25, 0.3) is 0 Å². The Morgan fingerprint density at radius 1 is 1.30 bits per heavy atom. The van der Waals surface area contributed by atoms with Crippen LogP contribution in [0, 0.1) is 6.92 Å². The van der Waals surface area contributed by atoms with E-state index >= 15 is 0 Å². The zero-order chi connectivity index (χ0) is 22.5. The van der Waals surface area contributed by atoms with Gasteiger partial charge in [-0.2, -0.15) is 4.99 Å². The van der Waals surface area contributed by atoms with Crippen LogP contribution in [0.1, 0.15) is 12.0 Å². The Bertz CT molecular complexity index is 1030. The number of nitrogens with zero attached hydrogens (tertiary/aromatic N) is 3. The summed E-state index contributed by atoms with van der Waals surface area (Å²) in [6.45, 7) is 4.86. The molecule has 0 spiro atoms. The van der Waals surface area contributed by atoms with Crippen molar-refractivity contribution in [3.8, 4) is 11.5 Å². The fraction of sp³-hybridized carbons (Fsp3) is 0.316. The quantitative estimate of drug-likeness (QED) is 0.541. The van der Waals surface area contributed by atoms with E-state index < -0.39 is 23.4 Å². The molecule has 0 radical (unpaired) electrons. The molecule has 1 aromatic carbocycles. The first-order valence-electron chi connectivity index (χ1n) is 8.73.